The van der Waals surface area contributed by atoms with E-state index in [0.717, 1.165) is 13.1 Å². The number of nitrogens with one attached hydrogen (secondary N) is 1. The van der Waals surface area contributed by atoms with Crippen molar-refractivity contribution in [2.45, 2.75) is 37.5 Å². The van der Waals surface area contributed by atoms with Crippen molar-refractivity contribution in [3.8, 4) is 5.75 Å². The normalized spacial score (nSPS) is 11.5. The van der Waals surface area contributed by atoms with Crippen molar-refractivity contribution in [3.05, 3.63) is 24.3 Å². The molecule has 0 aliphatic carbocycles. The second kappa shape index (κ2) is 8.97. The largest absolute Gasteiger partial charge is 0.492 e. The van der Waals surface area contributed by atoms with Crippen molar-refractivity contribution in [1.82, 2.24) is 5.32 Å². The maximum Gasteiger partial charge on any atom is 0.175 e. The van der Waals surface area contributed by atoms with Gasteiger partial charge < -0.3 is 10.1 Å². The third kappa shape index (κ3) is 6.91. The lowest BCUT2D eigenvalue weighted by molar-refractivity contribution is 0.313. The van der Waals surface area contributed by atoms with Crippen LogP contribution in [0.4, 0.5) is 0 Å². The fourth-order valence-electron chi connectivity index (χ4n) is 1.83. The molecule has 0 aromatic heterocycles. The average molecular weight is 299 g/mol. The van der Waals surface area contributed by atoms with Gasteiger partial charge in [0.1, 0.15) is 12.4 Å². The highest BCUT2D eigenvalue weighted by molar-refractivity contribution is 7.90. The second-order valence-electron chi connectivity index (χ2n) is 4.90. The molecule has 0 radical (unpaired) electrons. The fraction of sp³-hybridized carbons (Fsp3) is 0.600. The number of unbranched alkanes of at least 4 members (excludes halogenated alkanes) is 3. The minimum absolute atomic E-state index is 0.318. The van der Waals surface area contributed by atoms with E-state index in [9.17, 15) is 8.42 Å². The Morgan fingerprint density at radius 1 is 1.05 bits per heavy atom. The molecule has 0 spiro atoms. The van der Waals surface area contributed by atoms with Gasteiger partial charge in [0.25, 0.3) is 0 Å². The minimum Gasteiger partial charge on any atom is -0.492 e. The topological polar surface area (TPSA) is 55.4 Å². The number of ether oxygens (including phenoxy) is 1. The van der Waals surface area contributed by atoms with Gasteiger partial charge in [-0.15, -0.1) is 0 Å². The molecule has 0 atom stereocenters. The van der Waals surface area contributed by atoms with Crippen molar-refractivity contribution in [3.63, 3.8) is 0 Å². The van der Waals surface area contributed by atoms with Gasteiger partial charge in [-0.3, -0.25) is 0 Å². The van der Waals surface area contributed by atoms with E-state index in [2.05, 4.69) is 12.2 Å². The first-order valence-electron chi connectivity index (χ1n) is 7.17. The second-order valence-corrected chi connectivity index (χ2v) is 6.92. The molecule has 0 bridgehead atoms. The molecule has 1 aromatic carbocycles. The molecule has 0 aliphatic rings. The first-order valence-corrected chi connectivity index (χ1v) is 9.07. The molecular formula is C15H25NO3S. The predicted octanol–water partition coefficient (Wildman–Crippen LogP) is 2.64. The van der Waals surface area contributed by atoms with E-state index in [1.807, 2.05) is 0 Å². The van der Waals surface area contributed by atoms with Crippen molar-refractivity contribution in [2.24, 2.45) is 0 Å². The van der Waals surface area contributed by atoms with Gasteiger partial charge in [0.05, 0.1) is 4.90 Å². The first-order chi connectivity index (χ1) is 9.54. The summed E-state index contributed by atoms with van der Waals surface area (Å²) in [7, 11) is -3.13. The molecule has 114 valence electrons. The molecule has 0 fully saturated rings. The maximum absolute atomic E-state index is 11.3. The van der Waals surface area contributed by atoms with Crippen LogP contribution in [-0.2, 0) is 9.84 Å². The summed E-state index contributed by atoms with van der Waals surface area (Å²) in [5, 5.41) is 3.33. The van der Waals surface area contributed by atoms with Crippen LogP contribution in [0.3, 0.4) is 0 Å². The quantitative estimate of drug-likeness (QED) is 0.675. The lowest BCUT2D eigenvalue weighted by atomic mass is 10.2. The number of rotatable bonds is 10. The number of benzene rings is 1. The van der Waals surface area contributed by atoms with Crippen molar-refractivity contribution < 1.29 is 13.2 Å². The number of hydrogen-bond acceptors (Lipinski definition) is 4. The van der Waals surface area contributed by atoms with Crippen LogP contribution in [0.2, 0.25) is 0 Å². The monoisotopic (exact) mass is 299 g/mol. The zero-order valence-corrected chi connectivity index (χ0v) is 13.2. The lowest BCUT2D eigenvalue weighted by Gasteiger charge is -2.08. The molecule has 0 saturated heterocycles. The van der Waals surface area contributed by atoms with Crippen LogP contribution in [0.1, 0.15) is 32.6 Å². The van der Waals surface area contributed by atoms with Crippen LogP contribution >= 0.6 is 0 Å². The summed E-state index contributed by atoms with van der Waals surface area (Å²) >= 11 is 0. The van der Waals surface area contributed by atoms with Crippen LogP contribution in [0, 0.1) is 0 Å². The Kier molecular flexibility index (Phi) is 7.62. The van der Waals surface area contributed by atoms with Gasteiger partial charge in [-0.05, 0) is 37.2 Å². The SMILES string of the molecule is CCCCCCNCCOc1ccc(S(C)(=O)=O)cc1. The highest BCUT2D eigenvalue weighted by Gasteiger charge is 2.06. The Labute approximate surface area is 122 Å². The van der Waals surface area contributed by atoms with Crippen molar-refractivity contribution >= 4 is 9.84 Å². The molecule has 1 rings (SSSR count). The molecule has 20 heavy (non-hydrogen) atoms. The van der Waals surface area contributed by atoms with E-state index in [1.165, 1.54) is 31.9 Å². The van der Waals surface area contributed by atoms with Gasteiger partial charge in [0.15, 0.2) is 9.84 Å². The summed E-state index contributed by atoms with van der Waals surface area (Å²) in [6.45, 7) is 4.62. The van der Waals surface area contributed by atoms with Gasteiger partial charge in [0.2, 0.25) is 0 Å². The van der Waals surface area contributed by atoms with Crippen LogP contribution in [-0.4, -0.2) is 34.4 Å². The van der Waals surface area contributed by atoms with Crippen LogP contribution in [0.5, 0.6) is 5.75 Å². The molecule has 0 unspecified atom stereocenters. The summed E-state index contributed by atoms with van der Waals surface area (Å²) in [5.41, 5.74) is 0. The van der Waals surface area contributed by atoms with E-state index >= 15 is 0 Å². The molecule has 0 saturated carbocycles. The lowest BCUT2D eigenvalue weighted by Crippen LogP contribution is -2.22. The van der Waals surface area contributed by atoms with Gasteiger partial charge >= 0.3 is 0 Å². The Balaban J connectivity index is 2.16. The molecule has 0 heterocycles. The third-order valence-corrected chi connectivity index (χ3v) is 4.14. The van der Waals surface area contributed by atoms with Gasteiger partial charge in [-0.2, -0.15) is 0 Å². The van der Waals surface area contributed by atoms with Gasteiger partial charge in [-0.1, -0.05) is 26.2 Å². The van der Waals surface area contributed by atoms with Crippen LogP contribution in [0.25, 0.3) is 0 Å². The summed E-state index contributed by atoms with van der Waals surface area (Å²) < 4.78 is 28.1. The van der Waals surface area contributed by atoms with Crippen molar-refractivity contribution in [1.29, 1.82) is 0 Å². The Bertz CT molecular complexity index is 468. The van der Waals surface area contributed by atoms with Crippen LogP contribution < -0.4 is 10.1 Å². The van der Waals surface area contributed by atoms with E-state index in [-0.39, 0.29) is 0 Å². The average Bonchev–Trinajstić information content (AvgIpc) is 2.41. The third-order valence-electron chi connectivity index (χ3n) is 3.01. The van der Waals surface area contributed by atoms with Crippen LogP contribution in [0.15, 0.2) is 29.2 Å². The summed E-state index contributed by atoms with van der Waals surface area (Å²) in [6.07, 6.45) is 6.23. The van der Waals surface area contributed by atoms with E-state index in [0.29, 0.717) is 17.3 Å². The maximum atomic E-state index is 11.3. The number of hydrogen-bond donors (Lipinski definition) is 1. The van der Waals surface area contributed by atoms with E-state index < -0.39 is 9.84 Å². The molecular weight excluding hydrogens is 274 g/mol. The standard InChI is InChI=1S/C15H25NO3S/c1-3-4-5-6-11-16-12-13-19-14-7-9-15(10-8-14)20(2,17)18/h7-10,16H,3-6,11-13H2,1-2H3. The molecule has 0 amide bonds. The Hall–Kier alpha value is -1.07. The van der Waals surface area contributed by atoms with E-state index in [1.54, 1.807) is 24.3 Å². The molecule has 0 aliphatic heterocycles. The van der Waals surface area contributed by atoms with Crippen molar-refractivity contribution in [2.75, 3.05) is 26.0 Å². The minimum atomic E-state index is -3.13. The zero-order valence-electron chi connectivity index (χ0n) is 12.4. The molecule has 4 nitrogen and oxygen atoms in total. The van der Waals surface area contributed by atoms with E-state index in [4.69, 9.17) is 4.74 Å². The zero-order chi connectivity index (χ0) is 14.8. The highest BCUT2D eigenvalue weighted by Crippen LogP contribution is 2.15. The van der Waals surface area contributed by atoms with Gasteiger partial charge in [0, 0.05) is 12.8 Å². The Morgan fingerprint density at radius 3 is 2.35 bits per heavy atom. The highest BCUT2D eigenvalue weighted by atomic mass is 32.2. The fourth-order valence-corrected chi connectivity index (χ4v) is 2.46. The molecule has 1 N–H and O–H groups in total. The predicted molar refractivity (Wildman–Crippen MR) is 82.1 cm³/mol. The first kappa shape index (κ1) is 17.0. The Morgan fingerprint density at radius 2 is 1.75 bits per heavy atom. The summed E-state index contributed by atoms with van der Waals surface area (Å²) in [6, 6.07) is 6.53. The molecule has 1 aromatic rings. The summed E-state index contributed by atoms with van der Waals surface area (Å²) in [4.78, 5) is 0.318. The molecule has 5 heteroatoms. The summed E-state index contributed by atoms with van der Waals surface area (Å²) in [5.74, 6) is 0.699. The smallest absolute Gasteiger partial charge is 0.175 e. The number of sulfone groups is 1. The van der Waals surface area contributed by atoms with Gasteiger partial charge in [-0.25, -0.2) is 8.42 Å².